The highest BCUT2D eigenvalue weighted by Gasteiger charge is 2.26. The SMILES string of the molecule is C[C@H]1C[C@](C)(N)CCO1. The van der Waals surface area contributed by atoms with Gasteiger partial charge in [-0.2, -0.15) is 0 Å². The van der Waals surface area contributed by atoms with Gasteiger partial charge in [0.25, 0.3) is 0 Å². The monoisotopic (exact) mass is 129 g/mol. The van der Waals surface area contributed by atoms with Gasteiger partial charge in [0.2, 0.25) is 0 Å². The van der Waals surface area contributed by atoms with Crippen molar-refractivity contribution < 1.29 is 4.74 Å². The van der Waals surface area contributed by atoms with Crippen LogP contribution < -0.4 is 5.73 Å². The van der Waals surface area contributed by atoms with Gasteiger partial charge in [0.15, 0.2) is 0 Å². The second-order valence-electron chi connectivity index (χ2n) is 3.29. The smallest absolute Gasteiger partial charge is 0.0564 e. The van der Waals surface area contributed by atoms with E-state index < -0.39 is 0 Å². The van der Waals surface area contributed by atoms with Gasteiger partial charge in [0, 0.05) is 12.1 Å². The molecule has 0 spiro atoms. The van der Waals surface area contributed by atoms with Crippen molar-refractivity contribution in [1.29, 1.82) is 0 Å². The van der Waals surface area contributed by atoms with E-state index in [2.05, 4.69) is 13.8 Å². The van der Waals surface area contributed by atoms with Crippen molar-refractivity contribution in [3.8, 4) is 0 Å². The minimum atomic E-state index is 0.0255. The first-order chi connectivity index (χ1) is 4.10. The summed E-state index contributed by atoms with van der Waals surface area (Å²) in [6.07, 6.45) is 2.35. The van der Waals surface area contributed by atoms with Crippen molar-refractivity contribution in [2.45, 2.75) is 38.3 Å². The first-order valence-electron chi connectivity index (χ1n) is 3.51. The van der Waals surface area contributed by atoms with Crippen molar-refractivity contribution in [3.63, 3.8) is 0 Å². The summed E-state index contributed by atoms with van der Waals surface area (Å²) >= 11 is 0. The summed E-state index contributed by atoms with van der Waals surface area (Å²) in [6.45, 7) is 4.99. The topological polar surface area (TPSA) is 35.2 Å². The zero-order valence-corrected chi connectivity index (χ0v) is 6.18. The second-order valence-corrected chi connectivity index (χ2v) is 3.29. The molecule has 0 aliphatic carbocycles. The summed E-state index contributed by atoms with van der Waals surface area (Å²) in [5.41, 5.74) is 5.91. The molecule has 0 aromatic carbocycles. The summed E-state index contributed by atoms with van der Waals surface area (Å²) in [5, 5.41) is 0. The maximum atomic E-state index is 5.89. The van der Waals surface area contributed by atoms with Gasteiger partial charge in [0.1, 0.15) is 0 Å². The van der Waals surface area contributed by atoms with Crippen molar-refractivity contribution in [2.24, 2.45) is 5.73 Å². The van der Waals surface area contributed by atoms with Crippen molar-refractivity contribution in [2.75, 3.05) is 6.61 Å². The van der Waals surface area contributed by atoms with Gasteiger partial charge in [-0.15, -0.1) is 0 Å². The van der Waals surface area contributed by atoms with Crippen LogP contribution in [0.5, 0.6) is 0 Å². The predicted octanol–water partition coefficient (Wildman–Crippen LogP) is 0.903. The van der Waals surface area contributed by atoms with E-state index in [-0.39, 0.29) is 5.54 Å². The highest BCUT2D eigenvalue weighted by molar-refractivity contribution is 4.83. The van der Waals surface area contributed by atoms with Gasteiger partial charge in [0.05, 0.1) is 6.10 Å². The molecule has 2 N–H and O–H groups in total. The average molecular weight is 129 g/mol. The molecule has 0 aromatic heterocycles. The van der Waals surface area contributed by atoms with Crippen LogP contribution in [-0.2, 0) is 4.74 Å². The van der Waals surface area contributed by atoms with Crippen LogP contribution in [0.2, 0.25) is 0 Å². The van der Waals surface area contributed by atoms with Crippen molar-refractivity contribution >= 4 is 0 Å². The average Bonchev–Trinajstić information content (AvgIpc) is 1.60. The van der Waals surface area contributed by atoms with E-state index in [4.69, 9.17) is 10.5 Å². The fourth-order valence-corrected chi connectivity index (χ4v) is 1.31. The van der Waals surface area contributed by atoms with Gasteiger partial charge >= 0.3 is 0 Å². The number of rotatable bonds is 0. The highest BCUT2D eigenvalue weighted by Crippen LogP contribution is 2.20. The molecule has 0 unspecified atom stereocenters. The third-order valence-corrected chi connectivity index (χ3v) is 1.83. The Bertz CT molecular complexity index is 101. The number of hydrogen-bond donors (Lipinski definition) is 1. The Morgan fingerprint density at radius 1 is 1.67 bits per heavy atom. The van der Waals surface area contributed by atoms with Gasteiger partial charge in [-0.1, -0.05) is 0 Å². The minimum absolute atomic E-state index is 0.0255. The molecule has 54 valence electrons. The van der Waals surface area contributed by atoms with Crippen LogP contribution in [0.15, 0.2) is 0 Å². The molecule has 1 rings (SSSR count). The third-order valence-electron chi connectivity index (χ3n) is 1.83. The molecule has 0 bridgehead atoms. The number of nitrogens with two attached hydrogens (primary N) is 1. The first kappa shape index (κ1) is 7.03. The zero-order valence-electron chi connectivity index (χ0n) is 6.18. The number of hydrogen-bond acceptors (Lipinski definition) is 2. The maximum Gasteiger partial charge on any atom is 0.0564 e. The normalized spacial score (nSPS) is 45.0. The van der Waals surface area contributed by atoms with Gasteiger partial charge in [-0.3, -0.25) is 0 Å². The predicted molar refractivity (Wildman–Crippen MR) is 37.2 cm³/mol. The van der Waals surface area contributed by atoms with E-state index in [9.17, 15) is 0 Å². The summed E-state index contributed by atoms with van der Waals surface area (Å²) in [5.74, 6) is 0. The van der Waals surface area contributed by atoms with E-state index in [0.717, 1.165) is 19.4 Å². The van der Waals surface area contributed by atoms with E-state index in [1.807, 2.05) is 0 Å². The molecule has 2 nitrogen and oxygen atoms in total. The van der Waals surface area contributed by atoms with E-state index in [1.165, 1.54) is 0 Å². The van der Waals surface area contributed by atoms with Crippen LogP contribution in [0.3, 0.4) is 0 Å². The highest BCUT2D eigenvalue weighted by atomic mass is 16.5. The molecular weight excluding hydrogens is 114 g/mol. The van der Waals surface area contributed by atoms with Crippen molar-refractivity contribution in [1.82, 2.24) is 0 Å². The van der Waals surface area contributed by atoms with Crippen LogP contribution in [0.1, 0.15) is 26.7 Å². The Balaban J connectivity index is 2.41. The Morgan fingerprint density at radius 2 is 2.33 bits per heavy atom. The third kappa shape index (κ3) is 1.95. The largest absolute Gasteiger partial charge is 0.378 e. The van der Waals surface area contributed by atoms with Crippen LogP contribution >= 0.6 is 0 Å². The Hall–Kier alpha value is -0.0800. The molecule has 1 aliphatic rings. The van der Waals surface area contributed by atoms with Crippen molar-refractivity contribution in [3.05, 3.63) is 0 Å². The summed E-state index contributed by atoms with van der Waals surface area (Å²) in [7, 11) is 0. The summed E-state index contributed by atoms with van der Waals surface area (Å²) in [4.78, 5) is 0. The summed E-state index contributed by atoms with van der Waals surface area (Å²) < 4.78 is 5.33. The Kier molecular flexibility index (Phi) is 1.78. The molecule has 1 aliphatic heterocycles. The van der Waals surface area contributed by atoms with Crippen LogP contribution in [0.25, 0.3) is 0 Å². The standard InChI is InChI=1S/C7H15NO/c1-6-5-7(2,8)3-4-9-6/h6H,3-5,8H2,1-2H3/t6-,7+/m0/s1. The fourth-order valence-electron chi connectivity index (χ4n) is 1.31. The summed E-state index contributed by atoms with van der Waals surface area (Å²) in [6, 6.07) is 0. The van der Waals surface area contributed by atoms with E-state index >= 15 is 0 Å². The quantitative estimate of drug-likeness (QED) is 0.527. The molecular formula is C7H15NO. The molecule has 0 aromatic rings. The molecule has 1 heterocycles. The molecule has 0 amide bonds. The lowest BCUT2D eigenvalue weighted by Crippen LogP contribution is -2.44. The van der Waals surface area contributed by atoms with E-state index in [1.54, 1.807) is 0 Å². The molecule has 2 heteroatoms. The lowest BCUT2D eigenvalue weighted by Gasteiger charge is -2.33. The molecule has 2 atom stereocenters. The molecule has 1 saturated heterocycles. The lowest BCUT2D eigenvalue weighted by molar-refractivity contribution is -0.00263. The molecule has 1 fully saturated rings. The van der Waals surface area contributed by atoms with Crippen LogP contribution in [-0.4, -0.2) is 18.2 Å². The molecule has 0 saturated carbocycles. The van der Waals surface area contributed by atoms with Crippen LogP contribution in [0.4, 0.5) is 0 Å². The van der Waals surface area contributed by atoms with Gasteiger partial charge < -0.3 is 10.5 Å². The lowest BCUT2D eigenvalue weighted by atomic mass is 9.91. The Morgan fingerprint density at radius 3 is 2.67 bits per heavy atom. The minimum Gasteiger partial charge on any atom is -0.378 e. The molecule has 0 radical (unpaired) electrons. The zero-order chi connectivity index (χ0) is 6.91. The maximum absolute atomic E-state index is 5.89. The molecule has 9 heavy (non-hydrogen) atoms. The van der Waals surface area contributed by atoms with E-state index in [0.29, 0.717) is 6.10 Å². The van der Waals surface area contributed by atoms with Gasteiger partial charge in [-0.05, 0) is 26.7 Å². The van der Waals surface area contributed by atoms with Gasteiger partial charge in [-0.25, -0.2) is 0 Å². The fraction of sp³-hybridized carbons (Fsp3) is 1.00. The second kappa shape index (κ2) is 2.27. The Labute approximate surface area is 56.4 Å². The first-order valence-corrected chi connectivity index (χ1v) is 3.51. The number of ether oxygens (including phenoxy) is 1. The van der Waals surface area contributed by atoms with Crippen LogP contribution in [0, 0.1) is 0 Å².